The lowest BCUT2D eigenvalue weighted by Gasteiger charge is -2.36. The molecule has 30 heavy (non-hydrogen) atoms. The maximum atomic E-state index is 14.8. The van der Waals surface area contributed by atoms with E-state index < -0.39 is 34.5 Å². The Bertz CT molecular complexity index is 1280. The number of aliphatic imine (C=N–C) groups is 1. The van der Waals surface area contributed by atoms with Crippen LogP contribution in [0.3, 0.4) is 0 Å². The Hall–Kier alpha value is -3.81. The van der Waals surface area contributed by atoms with E-state index in [2.05, 4.69) is 17.2 Å². The first-order chi connectivity index (χ1) is 14.4. The highest BCUT2D eigenvalue weighted by molar-refractivity contribution is 7.78. The van der Waals surface area contributed by atoms with Crippen LogP contribution in [-0.4, -0.2) is 21.3 Å². The molecule has 9 heteroatoms. The third-order valence-corrected chi connectivity index (χ3v) is 5.18. The van der Waals surface area contributed by atoms with Gasteiger partial charge in [-0.3, -0.25) is 0 Å². The third kappa shape index (κ3) is 2.24. The van der Waals surface area contributed by atoms with Crippen LogP contribution < -0.4 is 4.74 Å². The van der Waals surface area contributed by atoms with E-state index in [9.17, 15) is 23.8 Å². The summed E-state index contributed by atoms with van der Waals surface area (Å²) in [6.07, 6.45) is 0. The molecule has 3 aromatic rings. The van der Waals surface area contributed by atoms with Gasteiger partial charge >= 0.3 is 5.97 Å². The van der Waals surface area contributed by atoms with E-state index in [4.69, 9.17) is 9.47 Å². The van der Waals surface area contributed by atoms with E-state index in [1.165, 1.54) is 36.4 Å². The molecule has 148 valence electrons. The van der Waals surface area contributed by atoms with Gasteiger partial charge in [0.1, 0.15) is 34.2 Å². The standard InChI is InChI=1S/C21H9F2NO5S/c22-18-14(24-8-30)7-13-17(19(18)23)20(27)29-21(13)11-3-1-9(25)5-15(11)28-16-6-10(26)2-4-12(16)21/h1-7,25-26H. The number of phenols is 2. The molecule has 0 saturated heterocycles. The van der Waals surface area contributed by atoms with E-state index in [1.807, 2.05) is 5.16 Å². The van der Waals surface area contributed by atoms with Gasteiger partial charge in [-0.05, 0) is 42.5 Å². The highest BCUT2D eigenvalue weighted by Crippen LogP contribution is 2.58. The van der Waals surface area contributed by atoms with Crippen molar-refractivity contribution >= 4 is 29.0 Å². The molecule has 5 rings (SSSR count). The molecule has 0 aromatic heterocycles. The molecule has 0 radical (unpaired) electrons. The quantitative estimate of drug-likeness (QED) is 0.334. The number of hydrogen-bond donors (Lipinski definition) is 2. The van der Waals surface area contributed by atoms with Crippen molar-refractivity contribution in [1.29, 1.82) is 0 Å². The lowest BCUT2D eigenvalue weighted by molar-refractivity contribution is 0.0222. The number of fused-ring (bicyclic) bond motifs is 6. The van der Waals surface area contributed by atoms with Crippen LogP contribution in [0.1, 0.15) is 27.0 Å². The summed E-state index contributed by atoms with van der Waals surface area (Å²) in [6, 6.07) is 9.32. The monoisotopic (exact) mass is 425 g/mol. The van der Waals surface area contributed by atoms with Crippen LogP contribution in [0.15, 0.2) is 47.5 Å². The Morgan fingerprint density at radius 2 is 1.53 bits per heavy atom. The first-order valence-corrected chi connectivity index (χ1v) is 8.96. The van der Waals surface area contributed by atoms with E-state index >= 15 is 0 Å². The normalized spacial score (nSPS) is 14.8. The molecule has 0 aliphatic carbocycles. The molecule has 0 amide bonds. The Morgan fingerprint density at radius 1 is 0.933 bits per heavy atom. The fraction of sp³-hybridized carbons (Fsp3) is 0.0476. The van der Waals surface area contributed by atoms with Crippen molar-refractivity contribution < 1.29 is 33.3 Å². The van der Waals surface area contributed by atoms with Gasteiger partial charge in [-0.15, -0.1) is 0 Å². The van der Waals surface area contributed by atoms with Gasteiger partial charge in [-0.25, -0.2) is 13.6 Å². The largest absolute Gasteiger partial charge is 0.508 e. The Balaban J connectivity index is 1.94. The molecular formula is C21H9F2NO5S. The minimum atomic E-state index is -1.73. The average molecular weight is 425 g/mol. The van der Waals surface area contributed by atoms with Crippen molar-refractivity contribution in [2.24, 2.45) is 4.99 Å². The summed E-state index contributed by atoms with van der Waals surface area (Å²) in [5.41, 5.74) is -2.24. The number of rotatable bonds is 1. The van der Waals surface area contributed by atoms with Gasteiger partial charge in [0.25, 0.3) is 0 Å². The minimum absolute atomic E-state index is 0.0161. The topological polar surface area (TPSA) is 88.4 Å². The van der Waals surface area contributed by atoms with Crippen LogP contribution in [0.5, 0.6) is 23.0 Å². The second-order valence-electron chi connectivity index (χ2n) is 6.68. The molecule has 3 aromatic carbocycles. The van der Waals surface area contributed by atoms with Crippen molar-refractivity contribution in [1.82, 2.24) is 0 Å². The van der Waals surface area contributed by atoms with Gasteiger partial charge in [0.15, 0.2) is 17.2 Å². The molecule has 0 unspecified atom stereocenters. The fourth-order valence-electron chi connectivity index (χ4n) is 3.90. The van der Waals surface area contributed by atoms with Crippen LogP contribution in [0.4, 0.5) is 14.5 Å². The highest BCUT2D eigenvalue weighted by atomic mass is 32.1. The molecule has 2 aliphatic heterocycles. The van der Waals surface area contributed by atoms with Crippen LogP contribution in [-0.2, 0) is 10.3 Å². The second-order valence-corrected chi connectivity index (χ2v) is 6.87. The van der Waals surface area contributed by atoms with Gasteiger partial charge < -0.3 is 19.7 Å². The molecule has 2 heterocycles. The van der Waals surface area contributed by atoms with Gasteiger partial charge in [-0.2, -0.15) is 4.99 Å². The molecule has 1 spiro atoms. The number of aromatic hydroxyl groups is 2. The zero-order chi connectivity index (χ0) is 21.2. The number of ether oxygens (including phenoxy) is 2. The smallest absolute Gasteiger partial charge is 0.343 e. The van der Waals surface area contributed by atoms with E-state index in [0.717, 1.165) is 6.07 Å². The number of esters is 1. The molecule has 0 bridgehead atoms. The number of hydrogen-bond acceptors (Lipinski definition) is 7. The first-order valence-electron chi connectivity index (χ1n) is 8.55. The Morgan fingerprint density at radius 3 is 2.10 bits per heavy atom. The number of carbonyl (C=O) groups is 1. The summed E-state index contributed by atoms with van der Waals surface area (Å²) in [6.45, 7) is 0. The van der Waals surface area contributed by atoms with Gasteiger partial charge in [0, 0.05) is 28.8 Å². The van der Waals surface area contributed by atoms with Crippen molar-refractivity contribution in [3.63, 3.8) is 0 Å². The molecule has 2 aliphatic rings. The predicted molar refractivity (Wildman–Crippen MR) is 103 cm³/mol. The van der Waals surface area contributed by atoms with Crippen LogP contribution >= 0.6 is 12.2 Å². The Kier molecular flexibility index (Phi) is 3.70. The molecule has 2 N–H and O–H groups in total. The summed E-state index contributed by atoms with van der Waals surface area (Å²) in [7, 11) is 0. The van der Waals surface area contributed by atoms with E-state index in [1.54, 1.807) is 0 Å². The predicted octanol–water partition coefficient (Wildman–Crippen LogP) is 4.68. The van der Waals surface area contributed by atoms with Crippen LogP contribution in [0, 0.1) is 11.6 Å². The lowest BCUT2D eigenvalue weighted by atomic mass is 9.77. The van der Waals surface area contributed by atoms with E-state index in [-0.39, 0.29) is 39.7 Å². The first kappa shape index (κ1) is 18.2. The lowest BCUT2D eigenvalue weighted by Crippen LogP contribution is -2.33. The highest BCUT2D eigenvalue weighted by Gasteiger charge is 2.55. The summed E-state index contributed by atoms with van der Waals surface area (Å²) < 4.78 is 40.7. The number of isothiocyanates is 1. The average Bonchev–Trinajstić information content (AvgIpc) is 2.98. The summed E-state index contributed by atoms with van der Waals surface area (Å²) >= 11 is 4.51. The van der Waals surface area contributed by atoms with Crippen LogP contribution in [0.25, 0.3) is 0 Å². The second kappa shape index (κ2) is 6.09. The number of nitrogens with zero attached hydrogens (tertiary/aromatic N) is 1. The molecular weight excluding hydrogens is 416 g/mol. The number of halogens is 2. The fourth-order valence-corrected chi connectivity index (χ4v) is 4.00. The van der Waals surface area contributed by atoms with Crippen molar-refractivity contribution in [3.8, 4) is 23.0 Å². The van der Waals surface area contributed by atoms with Crippen molar-refractivity contribution in [2.75, 3.05) is 0 Å². The molecule has 0 fully saturated rings. The number of benzene rings is 3. The Labute approximate surface area is 172 Å². The zero-order valence-electron chi connectivity index (χ0n) is 14.8. The number of thiocarbonyl (C=S) groups is 1. The molecule has 0 atom stereocenters. The maximum absolute atomic E-state index is 14.8. The van der Waals surface area contributed by atoms with Gasteiger partial charge in [0.2, 0.25) is 0 Å². The molecule has 6 nitrogen and oxygen atoms in total. The van der Waals surface area contributed by atoms with Crippen molar-refractivity contribution in [2.45, 2.75) is 5.60 Å². The third-order valence-electron chi connectivity index (χ3n) is 5.09. The van der Waals surface area contributed by atoms with Crippen LogP contribution in [0.2, 0.25) is 0 Å². The zero-order valence-corrected chi connectivity index (χ0v) is 15.6. The number of phenolic OH excluding ortho intramolecular Hbond substituents is 2. The maximum Gasteiger partial charge on any atom is 0.343 e. The number of carbonyl (C=O) groups excluding carboxylic acids is 1. The van der Waals surface area contributed by atoms with Gasteiger partial charge in [-0.1, -0.05) is 0 Å². The van der Waals surface area contributed by atoms with Gasteiger partial charge in [0.05, 0.1) is 5.16 Å². The summed E-state index contributed by atoms with van der Waals surface area (Å²) in [5.74, 6) is -3.91. The van der Waals surface area contributed by atoms with Crippen molar-refractivity contribution in [3.05, 3.63) is 76.4 Å². The summed E-state index contributed by atoms with van der Waals surface area (Å²) in [5, 5.41) is 21.7. The van der Waals surface area contributed by atoms with E-state index in [0.29, 0.717) is 0 Å². The minimum Gasteiger partial charge on any atom is -0.508 e. The summed E-state index contributed by atoms with van der Waals surface area (Å²) in [4.78, 5) is 16.3. The molecule has 0 saturated carbocycles. The SMILES string of the molecule is O=C1OC2(c3ccc(O)cc3Oc3cc(O)ccc32)c2cc(N=C=S)c(F)c(F)c21.